The lowest BCUT2D eigenvalue weighted by Gasteiger charge is -2.21. The second-order valence-electron chi connectivity index (χ2n) is 7.88. The van der Waals surface area contributed by atoms with E-state index < -0.39 is 10.0 Å². The zero-order valence-electron chi connectivity index (χ0n) is 18.2. The van der Waals surface area contributed by atoms with Crippen molar-refractivity contribution in [3.8, 4) is 5.75 Å². The van der Waals surface area contributed by atoms with E-state index in [1.807, 2.05) is 55.5 Å². The molecule has 3 aromatic rings. The number of nitrogens with zero attached hydrogens (tertiary/aromatic N) is 2. The Morgan fingerprint density at radius 2 is 1.81 bits per heavy atom. The van der Waals surface area contributed by atoms with Crippen LogP contribution >= 0.6 is 0 Å². The van der Waals surface area contributed by atoms with Gasteiger partial charge in [0, 0.05) is 19.2 Å². The molecule has 0 unspecified atom stereocenters. The number of ether oxygens (including phenoxy) is 1. The van der Waals surface area contributed by atoms with Crippen LogP contribution in [0.4, 0.5) is 5.69 Å². The molecule has 1 aliphatic heterocycles. The molecule has 1 amide bonds. The maximum atomic E-state index is 13.3. The largest absolute Gasteiger partial charge is 0.492 e. The number of amides is 1. The van der Waals surface area contributed by atoms with Crippen LogP contribution < -0.4 is 9.04 Å². The van der Waals surface area contributed by atoms with Gasteiger partial charge in [0.1, 0.15) is 12.4 Å². The minimum atomic E-state index is -3.75. The maximum Gasteiger partial charge on any atom is 0.264 e. The first-order chi connectivity index (χ1) is 15.4. The predicted octanol–water partition coefficient (Wildman–Crippen LogP) is 3.90. The van der Waals surface area contributed by atoms with Crippen LogP contribution in [0.25, 0.3) is 0 Å². The number of carbonyl (C=O) groups is 1. The zero-order chi connectivity index (χ0) is 22.7. The Labute approximate surface area is 189 Å². The van der Waals surface area contributed by atoms with Crippen molar-refractivity contribution in [3.05, 3.63) is 89.5 Å². The third-order valence-corrected chi connectivity index (χ3v) is 7.35. The van der Waals surface area contributed by atoms with Crippen LogP contribution in [0.1, 0.15) is 21.5 Å². The number of anilines is 1. The molecular weight excluding hydrogens is 424 g/mol. The highest BCUT2D eigenvalue weighted by Crippen LogP contribution is 2.32. The van der Waals surface area contributed by atoms with E-state index in [0.29, 0.717) is 37.4 Å². The summed E-state index contributed by atoms with van der Waals surface area (Å²) in [6, 6.07) is 21.5. The normalized spacial score (nSPS) is 13.0. The SMILES string of the molecule is Cc1cccc(OCCN(C)C(=O)c2cccc(S(=O)(=O)N3CCc4ccccc43)c2)c1. The fourth-order valence-corrected chi connectivity index (χ4v) is 5.35. The molecule has 0 fully saturated rings. The maximum absolute atomic E-state index is 13.3. The molecule has 1 aliphatic rings. The van der Waals surface area contributed by atoms with E-state index >= 15 is 0 Å². The molecule has 0 spiro atoms. The minimum absolute atomic E-state index is 0.115. The third-order valence-electron chi connectivity index (χ3n) is 5.55. The summed E-state index contributed by atoms with van der Waals surface area (Å²) in [5.41, 5.74) is 3.15. The van der Waals surface area contributed by atoms with Gasteiger partial charge in [-0.1, -0.05) is 36.4 Å². The molecular formula is C25H26N2O4S. The Bertz CT molecular complexity index is 1240. The molecule has 0 aromatic heterocycles. The molecule has 0 radical (unpaired) electrons. The summed E-state index contributed by atoms with van der Waals surface area (Å²) in [4.78, 5) is 14.6. The number of likely N-dealkylation sites (N-methyl/N-ethyl adjacent to an activating group) is 1. The minimum Gasteiger partial charge on any atom is -0.492 e. The Balaban J connectivity index is 1.45. The van der Waals surface area contributed by atoms with Crippen LogP contribution in [0.3, 0.4) is 0 Å². The van der Waals surface area contributed by atoms with E-state index in [1.165, 1.54) is 21.3 Å². The molecule has 166 valence electrons. The van der Waals surface area contributed by atoms with Crippen LogP contribution in [0.15, 0.2) is 77.7 Å². The fraction of sp³-hybridized carbons (Fsp3) is 0.240. The van der Waals surface area contributed by atoms with Crippen LogP contribution in [-0.4, -0.2) is 46.0 Å². The van der Waals surface area contributed by atoms with Crippen molar-refractivity contribution in [1.82, 2.24) is 4.90 Å². The zero-order valence-corrected chi connectivity index (χ0v) is 19.0. The number of fused-ring (bicyclic) bond motifs is 1. The highest BCUT2D eigenvalue weighted by atomic mass is 32.2. The van der Waals surface area contributed by atoms with E-state index in [2.05, 4.69) is 0 Å². The lowest BCUT2D eigenvalue weighted by molar-refractivity contribution is 0.0773. The van der Waals surface area contributed by atoms with Gasteiger partial charge in [-0.05, 0) is 60.9 Å². The van der Waals surface area contributed by atoms with Crippen molar-refractivity contribution in [1.29, 1.82) is 0 Å². The highest BCUT2D eigenvalue weighted by molar-refractivity contribution is 7.92. The average molecular weight is 451 g/mol. The summed E-state index contributed by atoms with van der Waals surface area (Å²) >= 11 is 0. The van der Waals surface area contributed by atoms with Gasteiger partial charge < -0.3 is 9.64 Å². The highest BCUT2D eigenvalue weighted by Gasteiger charge is 2.31. The van der Waals surface area contributed by atoms with Crippen LogP contribution in [-0.2, 0) is 16.4 Å². The van der Waals surface area contributed by atoms with E-state index in [1.54, 1.807) is 19.2 Å². The summed E-state index contributed by atoms with van der Waals surface area (Å²) in [7, 11) is -2.07. The van der Waals surface area contributed by atoms with E-state index in [9.17, 15) is 13.2 Å². The topological polar surface area (TPSA) is 66.9 Å². The molecule has 0 bridgehead atoms. The van der Waals surface area contributed by atoms with Gasteiger partial charge in [0.05, 0.1) is 17.1 Å². The van der Waals surface area contributed by atoms with Crippen LogP contribution in [0.5, 0.6) is 5.75 Å². The Hall–Kier alpha value is -3.32. The number of rotatable bonds is 7. The summed E-state index contributed by atoms with van der Waals surface area (Å²) in [6.07, 6.45) is 0.678. The lowest BCUT2D eigenvalue weighted by Crippen LogP contribution is -2.32. The van der Waals surface area contributed by atoms with Gasteiger partial charge in [-0.15, -0.1) is 0 Å². The van der Waals surface area contributed by atoms with Crippen molar-refractivity contribution in [2.45, 2.75) is 18.2 Å². The van der Waals surface area contributed by atoms with Crippen molar-refractivity contribution in [3.63, 3.8) is 0 Å². The molecule has 0 aliphatic carbocycles. The number of hydrogen-bond acceptors (Lipinski definition) is 4. The molecule has 0 atom stereocenters. The Kier molecular flexibility index (Phi) is 6.19. The second kappa shape index (κ2) is 9.04. The number of benzene rings is 3. The first-order valence-corrected chi connectivity index (χ1v) is 12.0. The standard InChI is InChI=1S/C25H26N2O4S/c1-19-7-5-10-22(17-19)31-16-15-26(2)25(28)21-9-6-11-23(18-21)32(29,30)27-14-13-20-8-3-4-12-24(20)27/h3-12,17-18H,13-16H2,1-2H3. The second-order valence-corrected chi connectivity index (χ2v) is 9.74. The summed E-state index contributed by atoms with van der Waals surface area (Å²) in [6.45, 7) is 3.11. The Morgan fingerprint density at radius 3 is 2.62 bits per heavy atom. The Morgan fingerprint density at radius 1 is 1.03 bits per heavy atom. The number of carbonyl (C=O) groups excluding carboxylic acids is 1. The summed E-state index contributed by atoms with van der Waals surface area (Å²) in [5, 5.41) is 0. The van der Waals surface area contributed by atoms with Gasteiger partial charge in [0.2, 0.25) is 0 Å². The molecule has 0 saturated heterocycles. The number of hydrogen-bond donors (Lipinski definition) is 0. The molecule has 1 heterocycles. The molecule has 32 heavy (non-hydrogen) atoms. The molecule has 7 heteroatoms. The van der Waals surface area contributed by atoms with E-state index in [4.69, 9.17) is 4.74 Å². The van der Waals surface area contributed by atoms with Gasteiger partial charge in [-0.2, -0.15) is 0 Å². The van der Waals surface area contributed by atoms with E-state index in [-0.39, 0.29) is 10.8 Å². The fourth-order valence-electron chi connectivity index (χ4n) is 3.80. The van der Waals surface area contributed by atoms with Gasteiger partial charge in [-0.3, -0.25) is 9.10 Å². The number of aryl methyl sites for hydroxylation is 1. The molecule has 6 nitrogen and oxygen atoms in total. The lowest BCUT2D eigenvalue weighted by atomic mass is 10.2. The quantitative estimate of drug-likeness (QED) is 0.548. The first-order valence-electron chi connectivity index (χ1n) is 10.5. The predicted molar refractivity (Wildman–Crippen MR) is 125 cm³/mol. The van der Waals surface area contributed by atoms with Crippen molar-refractivity contribution >= 4 is 21.6 Å². The van der Waals surface area contributed by atoms with Gasteiger partial charge in [0.15, 0.2) is 0 Å². The van der Waals surface area contributed by atoms with Crippen LogP contribution in [0, 0.1) is 6.92 Å². The summed E-state index contributed by atoms with van der Waals surface area (Å²) in [5.74, 6) is 0.501. The van der Waals surface area contributed by atoms with E-state index in [0.717, 1.165) is 16.9 Å². The molecule has 0 saturated carbocycles. The van der Waals surface area contributed by atoms with Crippen LogP contribution in [0.2, 0.25) is 0 Å². The van der Waals surface area contributed by atoms with Crippen molar-refractivity contribution in [2.24, 2.45) is 0 Å². The first kappa shape index (κ1) is 21.9. The van der Waals surface area contributed by atoms with Crippen molar-refractivity contribution < 1.29 is 17.9 Å². The molecule has 3 aromatic carbocycles. The number of para-hydroxylation sites is 1. The third kappa shape index (κ3) is 4.48. The average Bonchev–Trinajstić information content (AvgIpc) is 3.24. The monoisotopic (exact) mass is 450 g/mol. The van der Waals surface area contributed by atoms with Crippen molar-refractivity contribution in [2.75, 3.05) is 31.0 Å². The van der Waals surface area contributed by atoms with Gasteiger partial charge in [0.25, 0.3) is 15.9 Å². The van der Waals surface area contributed by atoms with Gasteiger partial charge >= 0.3 is 0 Å². The smallest absolute Gasteiger partial charge is 0.264 e. The molecule has 0 N–H and O–H groups in total. The summed E-state index contributed by atoms with van der Waals surface area (Å²) < 4.78 is 33.7. The number of sulfonamides is 1. The molecule has 4 rings (SSSR count). The van der Waals surface area contributed by atoms with Gasteiger partial charge in [-0.25, -0.2) is 8.42 Å².